The van der Waals surface area contributed by atoms with Gasteiger partial charge in [-0.1, -0.05) is 25.6 Å². The zero-order valence-corrected chi connectivity index (χ0v) is 50.5. The fourth-order valence-corrected chi connectivity index (χ4v) is 13.1. The van der Waals surface area contributed by atoms with Crippen LogP contribution >= 0.6 is 59.6 Å². The minimum absolute atomic E-state index is 0. The molecule has 0 saturated carbocycles. The van der Waals surface area contributed by atoms with Crippen molar-refractivity contribution in [1.29, 1.82) is 0 Å². The number of ether oxygens (including phenoxy) is 2. The van der Waals surface area contributed by atoms with E-state index in [1.165, 1.54) is 34.9 Å². The first-order valence-electron chi connectivity index (χ1n) is 24.0. The number of alkyl halides is 11. The highest BCUT2D eigenvalue weighted by Gasteiger charge is 2.39. The van der Waals surface area contributed by atoms with Crippen LogP contribution in [0, 0.1) is 0 Å². The van der Waals surface area contributed by atoms with E-state index in [9.17, 15) is 83.9 Å². The molecule has 3 aromatic carbocycles. The van der Waals surface area contributed by atoms with Gasteiger partial charge in [-0.2, -0.15) is 39.5 Å². The quantitative estimate of drug-likeness (QED) is 0.0916. The van der Waals surface area contributed by atoms with Crippen molar-refractivity contribution in [2.45, 2.75) is 135 Å². The standard InChI is InChI=1S/C17H22F3NO4S.C14H15ClF3NO3S.C12H14F3NO2S.C4H8O2.C2H2Cl2O.CH4.2ClH/c1-16(2,3)25-15(22)21-9-7-13(8-10-21)26(23,24)14-6-4-5-12(11-14)17(18,19)20;15-9-13(20)19-6-4-11(5-7-19)23(21,22)12-3-1-2-10(8-12)14(16,17)18;13-12(14,15)9-2-1-3-11(8-9)19(17,18)10-4-6-16-7-5-10;1-3-6-4(2)5;3-1-2(4)5;;;/h4-6,11,13H,7-10H2,1-3H3;1-3,8,11H,4-7,9H2;1-3,8,10,16H,4-7H2;3H2,1-2H3;1H2;1H4;2*1H. The second-order valence-corrected chi connectivity index (χ2v) is 26.1. The molecule has 0 aromatic heterocycles. The van der Waals surface area contributed by atoms with Crippen molar-refractivity contribution in [2.75, 3.05) is 57.6 Å². The Kier molecular flexibility index (Phi) is 34.2. The third kappa shape index (κ3) is 26.2. The molecule has 0 spiro atoms. The number of hydrogen-bond acceptors (Lipinski definition) is 13. The molecule has 3 fully saturated rings. The largest absolute Gasteiger partial charge is 0.466 e. The number of nitrogens with zero attached hydrogens (tertiary/aromatic N) is 2. The van der Waals surface area contributed by atoms with Crippen LogP contribution in [0.3, 0.4) is 0 Å². The molecule has 1 N–H and O–H groups in total. The van der Waals surface area contributed by atoms with Crippen LogP contribution in [0.25, 0.3) is 0 Å². The van der Waals surface area contributed by atoms with E-state index < -0.39 is 97.4 Å². The summed E-state index contributed by atoms with van der Waals surface area (Å²) in [5, 5.41) is 0.292. The summed E-state index contributed by atoms with van der Waals surface area (Å²) in [6.45, 7) is 10.8. The fraction of sp³-hybridized carbons (Fsp3) is 0.560. The molecule has 470 valence electrons. The molecule has 3 aliphatic heterocycles. The number of rotatable bonds is 9. The Hall–Kier alpha value is -3.83. The monoisotopic (exact) mass is 1340 g/mol. The smallest absolute Gasteiger partial charge is 0.416 e. The average molecular weight is 1350 g/mol. The molecule has 0 aliphatic carbocycles. The van der Waals surface area contributed by atoms with Gasteiger partial charge >= 0.3 is 30.6 Å². The summed E-state index contributed by atoms with van der Waals surface area (Å²) in [5.74, 6) is -0.758. The van der Waals surface area contributed by atoms with Crippen molar-refractivity contribution in [3.63, 3.8) is 0 Å². The number of carbonyl (C=O) groups is 4. The molecule has 3 aromatic rings. The van der Waals surface area contributed by atoms with Crippen LogP contribution < -0.4 is 5.32 Å². The van der Waals surface area contributed by atoms with Crippen LogP contribution in [0.15, 0.2) is 87.5 Å². The molecule has 3 heterocycles. The number of benzene rings is 3. The van der Waals surface area contributed by atoms with Gasteiger partial charge < -0.3 is 24.6 Å². The Labute approximate surface area is 500 Å². The van der Waals surface area contributed by atoms with Crippen LogP contribution in [-0.2, 0) is 71.9 Å². The number of halogens is 14. The third-order valence-electron chi connectivity index (χ3n) is 11.5. The predicted octanol–water partition coefficient (Wildman–Crippen LogP) is 11.9. The van der Waals surface area contributed by atoms with Crippen molar-refractivity contribution < 1.29 is 93.4 Å². The van der Waals surface area contributed by atoms with Gasteiger partial charge in [-0.15, -0.1) is 48.0 Å². The molecule has 0 atom stereocenters. The summed E-state index contributed by atoms with van der Waals surface area (Å²) in [7, 11) is -11.5. The minimum Gasteiger partial charge on any atom is -0.466 e. The Bertz CT molecular complexity index is 2840. The molecule has 6 rings (SSSR count). The summed E-state index contributed by atoms with van der Waals surface area (Å²) in [6.07, 6.45) is -12.7. The maximum Gasteiger partial charge on any atom is 0.416 e. The molecule has 3 aliphatic rings. The van der Waals surface area contributed by atoms with Gasteiger partial charge in [-0.25, -0.2) is 30.0 Å². The van der Waals surface area contributed by atoms with Gasteiger partial charge in [0.15, 0.2) is 29.5 Å². The molecule has 0 radical (unpaired) electrons. The highest BCUT2D eigenvalue weighted by molar-refractivity contribution is 7.92. The van der Waals surface area contributed by atoms with Gasteiger partial charge in [0, 0.05) is 33.1 Å². The molecule has 0 bridgehead atoms. The Morgan fingerprint density at radius 2 is 0.878 bits per heavy atom. The summed E-state index contributed by atoms with van der Waals surface area (Å²) in [5.41, 5.74) is -3.57. The highest BCUT2D eigenvalue weighted by atomic mass is 35.5. The zero-order chi connectivity index (χ0) is 60.4. The van der Waals surface area contributed by atoms with Crippen molar-refractivity contribution in [2.24, 2.45) is 0 Å². The number of nitrogens with one attached hydrogen (secondary N) is 1. The summed E-state index contributed by atoms with van der Waals surface area (Å²) in [6, 6.07) is 11.5. The predicted molar refractivity (Wildman–Crippen MR) is 298 cm³/mol. The Morgan fingerprint density at radius 1 is 0.573 bits per heavy atom. The van der Waals surface area contributed by atoms with Crippen LogP contribution in [0.4, 0.5) is 44.3 Å². The van der Waals surface area contributed by atoms with Crippen LogP contribution in [-0.4, -0.2) is 137 Å². The minimum atomic E-state index is -4.61. The van der Waals surface area contributed by atoms with E-state index in [2.05, 4.69) is 10.1 Å². The molecular weight excluding hydrogens is 1280 g/mol. The highest BCUT2D eigenvalue weighted by Crippen LogP contribution is 2.35. The molecule has 2 amide bonds. The van der Waals surface area contributed by atoms with E-state index >= 15 is 0 Å². The van der Waals surface area contributed by atoms with Crippen molar-refractivity contribution in [3.05, 3.63) is 89.5 Å². The molecule has 32 heteroatoms. The van der Waals surface area contributed by atoms with E-state index in [0.717, 1.165) is 42.5 Å². The lowest BCUT2D eigenvalue weighted by Gasteiger charge is -2.33. The van der Waals surface area contributed by atoms with Gasteiger partial charge in [0.05, 0.1) is 59.6 Å². The lowest BCUT2D eigenvalue weighted by Crippen LogP contribution is -2.44. The second-order valence-electron chi connectivity index (χ2n) is 18.5. The Morgan fingerprint density at radius 3 is 1.12 bits per heavy atom. The number of carbonyl (C=O) groups excluding carboxylic acids is 4. The van der Waals surface area contributed by atoms with Gasteiger partial charge in [-0.05, 0) is 146 Å². The normalized spacial score (nSPS) is 15.6. The van der Waals surface area contributed by atoms with E-state index in [0.29, 0.717) is 44.7 Å². The maximum absolute atomic E-state index is 12.8. The first-order chi connectivity index (χ1) is 36.3. The van der Waals surface area contributed by atoms with Gasteiger partial charge in [0.1, 0.15) is 11.5 Å². The number of esters is 1. The lowest BCUT2D eigenvalue weighted by atomic mass is 10.1. The fourth-order valence-electron chi connectivity index (χ4n) is 7.61. The van der Waals surface area contributed by atoms with E-state index in [-0.39, 0.29) is 122 Å². The topological polar surface area (TPSA) is 208 Å². The van der Waals surface area contributed by atoms with Crippen LogP contribution in [0.2, 0.25) is 0 Å². The molecule has 0 unspecified atom stereocenters. The third-order valence-corrected chi connectivity index (χ3v) is 19.0. The number of hydrogen-bond donors (Lipinski definition) is 1. The van der Waals surface area contributed by atoms with Gasteiger partial charge in [0.2, 0.25) is 11.1 Å². The van der Waals surface area contributed by atoms with Crippen molar-refractivity contribution in [3.8, 4) is 0 Å². The van der Waals surface area contributed by atoms with Crippen LogP contribution in [0.5, 0.6) is 0 Å². The number of piperidine rings is 3. The van der Waals surface area contributed by atoms with E-state index in [1.807, 2.05) is 0 Å². The zero-order valence-electron chi connectivity index (χ0n) is 44.1. The van der Waals surface area contributed by atoms with Crippen molar-refractivity contribution >= 4 is 112 Å². The van der Waals surface area contributed by atoms with Gasteiger partial charge in [0.25, 0.3) is 0 Å². The first kappa shape index (κ1) is 80.2. The molecule has 3 saturated heterocycles. The van der Waals surface area contributed by atoms with Crippen molar-refractivity contribution in [1.82, 2.24) is 15.1 Å². The second kappa shape index (κ2) is 35.0. The maximum atomic E-state index is 12.8. The number of amides is 2. The molecule has 82 heavy (non-hydrogen) atoms. The number of likely N-dealkylation sites (tertiary alicyclic amines) is 2. The molecular formula is C50H67Cl5F9N3O12S3. The van der Waals surface area contributed by atoms with E-state index in [1.54, 1.807) is 27.7 Å². The van der Waals surface area contributed by atoms with Crippen LogP contribution in [0.1, 0.15) is 97.3 Å². The van der Waals surface area contributed by atoms with Gasteiger partial charge in [-0.3, -0.25) is 14.4 Å². The SMILES string of the molecule is C.CC(C)(C)OC(=O)N1CCC(S(=O)(=O)c2cccc(C(F)(F)F)c2)CC1.CCOC(C)=O.Cl.Cl.O=C(CCl)N1CCC(S(=O)(=O)c2cccc(C(F)(F)F)c2)CC1.O=C(Cl)CCl.O=S(=O)(c1cccc(C(F)(F)F)c1)C1CCNCC1. The first-order valence-corrected chi connectivity index (χ1v) is 30.0. The number of sulfone groups is 3. The van der Waals surface area contributed by atoms with E-state index in [4.69, 9.17) is 39.5 Å². The molecule has 15 nitrogen and oxygen atoms in total. The average Bonchev–Trinajstić information content (AvgIpc) is 3.38. The summed E-state index contributed by atoms with van der Waals surface area (Å²) >= 11 is 15.0. The summed E-state index contributed by atoms with van der Waals surface area (Å²) in [4.78, 5) is 44.7. The lowest BCUT2D eigenvalue weighted by molar-refractivity contribution is -0.140. The Balaban J connectivity index is 0. The summed E-state index contributed by atoms with van der Waals surface area (Å²) < 4.78 is 199.